The van der Waals surface area contributed by atoms with Crippen LogP contribution in [-0.4, -0.2) is 18.2 Å². The van der Waals surface area contributed by atoms with E-state index < -0.39 is 0 Å². The molecule has 0 fully saturated rings. The van der Waals surface area contributed by atoms with E-state index in [9.17, 15) is 9.59 Å². The Hall–Kier alpha value is -1.16. The number of carbonyl (C=O) groups is 2. The number of hydrogen-bond acceptors (Lipinski definition) is 2. The Balaban J connectivity index is 2.25. The highest BCUT2D eigenvalue weighted by Crippen LogP contribution is 2.36. The number of unbranched alkanes of at least 4 members (excludes halogenated alkanes) is 1. The first-order chi connectivity index (χ1) is 9.60. The SMILES string of the molecule is CCCCC(CC)CN1C(=O)C(=O)c2cccc(Br)c21. The Labute approximate surface area is 128 Å². The number of ketones is 1. The molecule has 1 aromatic rings. The van der Waals surface area contributed by atoms with Gasteiger partial charge in [0.25, 0.3) is 11.7 Å². The molecule has 0 radical (unpaired) electrons. The van der Waals surface area contributed by atoms with E-state index in [4.69, 9.17) is 0 Å². The fourth-order valence-electron chi connectivity index (χ4n) is 2.66. The van der Waals surface area contributed by atoms with Crippen LogP contribution in [-0.2, 0) is 4.79 Å². The van der Waals surface area contributed by atoms with Gasteiger partial charge in [-0.3, -0.25) is 9.59 Å². The molecule has 1 amide bonds. The lowest BCUT2D eigenvalue weighted by Crippen LogP contribution is -2.34. The van der Waals surface area contributed by atoms with Crippen molar-refractivity contribution in [2.24, 2.45) is 5.92 Å². The summed E-state index contributed by atoms with van der Waals surface area (Å²) in [6, 6.07) is 5.41. The van der Waals surface area contributed by atoms with E-state index in [1.807, 2.05) is 6.07 Å². The molecule has 0 spiro atoms. The van der Waals surface area contributed by atoms with Crippen LogP contribution in [0.3, 0.4) is 0 Å². The average molecular weight is 338 g/mol. The lowest BCUT2D eigenvalue weighted by molar-refractivity contribution is -0.114. The molecule has 0 aliphatic carbocycles. The first-order valence-corrected chi connectivity index (χ1v) is 8.04. The molecule has 1 aliphatic rings. The van der Waals surface area contributed by atoms with Gasteiger partial charge in [0.1, 0.15) is 0 Å². The number of rotatable bonds is 6. The Kier molecular flexibility index (Phi) is 4.97. The summed E-state index contributed by atoms with van der Waals surface area (Å²) < 4.78 is 0.819. The molecule has 1 aromatic carbocycles. The number of para-hydroxylation sites is 1. The smallest absolute Gasteiger partial charge is 0.299 e. The van der Waals surface area contributed by atoms with Crippen molar-refractivity contribution < 1.29 is 9.59 Å². The molecule has 1 heterocycles. The number of fused-ring (bicyclic) bond motifs is 1. The van der Waals surface area contributed by atoms with Gasteiger partial charge in [0.15, 0.2) is 0 Å². The van der Waals surface area contributed by atoms with E-state index in [2.05, 4.69) is 29.8 Å². The predicted octanol–water partition coefficient (Wildman–Crippen LogP) is 4.19. The maximum atomic E-state index is 12.2. The first kappa shape index (κ1) is 15.2. The summed E-state index contributed by atoms with van der Waals surface area (Å²) in [7, 11) is 0. The number of Topliss-reactive ketones (excluding diaryl/α,β-unsaturated/α-hetero) is 1. The Bertz CT molecular complexity index is 527. The summed E-state index contributed by atoms with van der Waals surface area (Å²) in [6.45, 7) is 4.95. The fourth-order valence-corrected chi connectivity index (χ4v) is 3.24. The van der Waals surface area contributed by atoms with Gasteiger partial charge in [-0.1, -0.05) is 39.2 Å². The number of amides is 1. The average Bonchev–Trinajstić information content (AvgIpc) is 2.69. The van der Waals surface area contributed by atoms with E-state index in [0.29, 0.717) is 18.0 Å². The number of nitrogens with zero attached hydrogens (tertiary/aromatic N) is 1. The van der Waals surface area contributed by atoms with E-state index in [1.165, 1.54) is 0 Å². The third-order valence-corrected chi connectivity index (χ3v) is 4.56. The zero-order chi connectivity index (χ0) is 14.7. The Morgan fingerprint density at radius 3 is 2.65 bits per heavy atom. The molecule has 2 rings (SSSR count). The molecule has 1 aliphatic heterocycles. The molecule has 1 unspecified atom stereocenters. The van der Waals surface area contributed by atoms with Crippen LogP contribution in [0.25, 0.3) is 0 Å². The van der Waals surface area contributed by atoms with Crippen LogP contribution in [0.15, 0.2) is 22.7 Å². The van der Waals surface area contributed by atoms with E-state index in [1.54, 1.807) is 17.0 Å². The largest absolute Gasteiger partial charge is 0.303 e. The highest BCUT2D eigenvalue weighted by Gasteiger charge is 2.37. The maximum Gasteiger partial charge on any atom is 0.299 e. The lowest BCUT2D eigenvalue weighted by Gasteiger charge is -2.23. The third-order valence-electron chi connectivity index (χ3n) is 3.92. The molecule has 1 atom stereocenters. The van der Waals surface area contributed by atoms with E-state index in [-0.39, 0.29) is 11.7 Å². The normalized spacial score (nSPS) is 15.7. The van der Waals surface area contributed by atoms with Crippen LogP contribution in [0, 0.1) is 5.92 Å². The van der Waals surface area contributed by atoms with Crippen molar-refractivity contribution in [2.75, 3.05) is 11.4 Å². The van der Waals surface area contributed by atoms with Crippen molar-refractivity contribution in [2.45, 2.75) is 39.5 Å². The quantitative estimate of drug-likeness (QED) is 0.729. The first-order valence-electron chi connectivity index (χ1n) is 7.24. The molecule has 0 N–H and O–H groups in total. The van der Waals surface area contributed by atoms with Gasteiger partial charge in [-0.25, -0.2) is 0 Å². The second kappa shape index (κ2) is 6.53. The summed E-state index contributed by atoms with van der Waals surface area (Å²) in [5.41, 5.74) is 1.27. The Morgan fingerprint density at radius 1 is 1.25 bits per heavy atom. The van der Waals surface area contributed by atoms with Gasteiger partial charge in [-0.15, -0.1) is 0 Å². The molecule has 4 heteroatoms. The molecular formula is C16H20BrNO2. The van der Waals surface area contributed by atoms with E-state index >= 15 is 0 Å². The third kappa shape index (κ3) is 2.80. The van der Waals surface area contributed by atoms with Gasteiger partial charge in [0.2, 0.25) is 0 Å². The number of benzene rings is 1. The van der Waals surface area contributed by atoms with Gasteiger partial charge in [-0.2, -0.15) is 0 Å². The monoisotopic (exact) mass is 337 g/mol. The highest BCUT2D eigenvalue weighted by molar-refractivity contribution is 9.10. The van der Waals surface area contributed by atoms with Gasteiger partial charge in [0, 0.05) is 11.0 Å². The number of hydrogen-bond donors (Lipinski definition) is 0. The van der Waals surface area contributed by atoms with Crippen LogP contribution >= 0.6 is 15.9 Å². The fraction of sp³-hybridized carbons (Fsp3) is 0.500. The van der Waals surface area contributed by atoms with Crippen molar-refractivity contribution in [1.29, 1.82) is 0 Å². The summed E-state index contributed by atoms with van der Waals surface area (Å²) in [4.78, 5) is 25.9. The summed E-state index contributed by atoms with van der Waals surface area (Å²) in [5.74, 6) is -0.321. The van der Waals surface area contributed by atoms with Crippen LogP contribution < -0.4 is 4.90 Å². The molecule has 0 bridgehead atoms. The van der Waals surface area contributed by atoms with Crippen molar-refractivity contribution in [1.82, 2.24) is 0 Å². The summed E-state index contributed by atoms with van der Waals surface area (Å²) >= 11 is 3.46. The standard InChI is InChI=1S/C16H20BrNO2/c1-3-5-7-11(4-2)10-18-14-12(15(19)16(18)20)8-6-9-13(14)17/h6,8-9,11H,3-5,7,10H2,1-2H3. The predicted molar refractivity (Wildman–Crippen MR) is 84.1 cm³/mol. The second-order valence-corrected chi connectivity index (χ2v) is 6.15. The van der Waals surface area contributed by atoms with Gasteiger partial charge in [0.05, 0.1) is 11.3 Å². The van der Waals surface area contributed by atoms with Crippen molar-refractivity contribution in [3.05, 3.63) is 28.2 Å². The number of halogens is 1. The molecule has 20 heavy (non-hydrogen) atoms. The van der Waals surface area contributed by atoms with Crippen LogP contribution in [0.4, 0.5) is 5.69 Å². The summed E-state index contributed by atoms with van der Waals surface area (Å²) in [5, 5.41) is 0. The molecule has 3 nitrogen and oxygen atoms in total. The molecule has 0 saturated carbocycles. The molecular weight excluding hydrogens is 318 g/mol. The zero-order valence-electron chi connectivity index (χ0n) is 12.0. The van der Waals surface area contributed by atoms with Gasteiger partial charge < -0.3 is 4.90 Å². The van der Waals surface area contributed by atoms with Crippen LogP contribution in [0.1, 0.15) is 49.9 Å². The van der Waals surface area contributed by atoms with Crippen LogP contribution in [0.2, 0.25) is 0 Å². The molecule has 108 valence electrons. The number of anilines is 1. The van der Waals surface area contributed by atoms with Crippen molar-refractivity contribution >= 4 is 33.3 Å². The minimum Gasteiger partial charge on any atom is -0.303 e. The molecule has 0 aromatic heterocycles. The Morgan fingerprint density at radius 2 is 2.00 bits per heavy atom. The van der Waals surface area contributed by atoms with Gasteiger partial charge >= 0.3 is 0 Å². The van der Waals surface area contributed by atoms with E-state index in [0.717, 1.165) is 35.8 Å². The maximum absolute atomic E-state index is 12.2. The zero-order valence-corrected chi connectivity index (χ0v) is 13.6. The van der Waals surface area contributed by atoms with Crippen molar-refractivity contribution in [3.8, 4) is 0 Å². The van der Waals surface area contributed by atoms with Gasteiger partial charge in [-0.05, 0) is 40.4 Å². The highest BCUT2D eigenvalue weighted by atomic mass is 79.9. The number of carbonyl (C=O) groups excluding carboxylic acids is 2. The van der Waals surface area contributed by atoms with Crippen molar-refractivity contribution in [3.63, 3.8) is 0 Å². The minimum absolute atomic E-state index is 0.383. The minimum atomic E-state index is -0.387. The lowest BCUT2D eigenvalue weighted by atomic mass is 9.98. The molecule has 0 saturated heterocycles. The van der Waals surface area contributed by atoms with Crippen LogP contribution in [0.5, 0.6) is 0 Å². The summed E-state index contributed by atoms with van der Waals surface area (Å²) in [6.07, 6.45) is 4.45. The second-order valence-electron chi connectivity index (χ2n) is 5.30. The topological polar surface area (TPSA) is 37.4 Å².